The van der Waals surface area contributed by atoms with E-state index in [1.54, 1.807) is 24.3 Å². The molecule has 0 radical (unpaired) electrons. The fourth-order valence-corrected chi connectivity index (χ4v) is 11.4. The molecule has 5 nitrogen and oxygen atoms in total. The zero-order valence-corrected chi connectivity index (χ0v) is 20.8. The first-order valence-electron chi connectivity index (χ1n) is 11.0. The van der Waals surface area contributed by atoms with E-state index in [-0.39, 0.29) is 0 Å². The maximum absolute atomic E-state index is 13.1. The van der Waals surface area contributed by atoms with Crippen LogP contribution in [-0.2, 0) is 19.6 Å². The Hall–Kier alpha value is -3.31. The number of hydrogen-bond donors (Lipinski definition) is 0. The Morgan fingerprint density at radius 1 is 0.686 bits per heavy atom. The molecule has 0 fully saturated rings. The molecule has 0 amide bonds. The van der Waals surface area contributed by atoms with Crippen molar-refractivity contribution >= 4 is 39.3 Å². The van der Waals surface area contributed by atoms with Crippen molar-refractivity contribution in [1.29, 1.82) is 0 Å². The van der Waals surface area contributed by atoms with E-state index in [1.807, 2.05) is 97.1 Å². The van der Waals surface area contributed by atoms with E-state index in [0.717, 1.165) is 23.0 Å². The van der Waals surface area contributed by atoms with E-state index in [4.69, 9.17) is 4.74 Å². The molecule has 0 saturated carbocycles. The van der Waals surface area contributed by atoms with Gasteiger partial charge in [-0.15, -0.1) is 0 Å². The van der Waals surface area contributed by atoms with Crippen molar-refractivity contribution in [3.63, 3.8) is 0 Å². The van der Waals surface area contributed by atoms with E-state index in [0.29, 0.717) is 5.56 Å². The van der Waals surface area contributed by atoms with Crippen molar-refractivity contribution in [2.75, 3.05) is 7.11 Å². The summed E-state index contributed by atoms with van der Waals surface area (Å²) in [4.78, 5) is 13.1. The normalized spacial score (nSPS) is 13.5. The van der Waals surface area contributed by atoms with Gasteiger partial charge in [-0.2, -0.15) is 0 Å². The number of benzene rings is 4. The monoisotopic (exact) mass is 504 g/mol. The molecule has 0 aliphatic carbocycles. The number of rotatable bonds is 8. The van der Waals surface area contributed by atoms with Gasteiger partial charge in [0.1, 0.15) is 39.0 Å². The van der Waals surface area contributed by atoms with Crippen LogP contribution in [0.1, 0.15) is 11.2 Å². The summed E-state index contributed by atoms with van der Waals surface area (Å²) in [6.07, 6.45) is 0. The lowest BCUT2D eigenvalue weighted by molar-refractivity contribution is -0.140. The SMILES string of the molecule is COC(=O)C(C(c1ccccc1)[P+](c1ccccc1)(c1ccccc1)c1ccccc1)S(=O)(=O)[O-]. The Kier molecular flexibility index (Phi) is 7.46. The van der Waals surface area contributed by atoms with Crippen LogP contribution in [0.15, 0.2) is 121 Å². The predicted molar refractivity (Wildman–Crippen MR) is 140 cm³/mol. The number of methoxy groups -OCH3 is 1. The van der Waals surface area contributed by atoms with Gasteiger partial charge in [0.05, 0.1) is 7.11 Å². The lowest BCUT2D eigenvalue weighted by atomic mass is 10.1. The quantitative estimate of drug-likeness (QED) is 0.207. The largest absolute Gasteiger partial charge is 0.747 e. The van der Waals surface area contributed by atoms with Crippen molar-refractivity contribution in [3.05, 3.63) is 127 Å². The van der Waals surface area contributed by atoms with Gasteiger partial charge >= 0.3 is 5.97 Å². The summed E-state index contributed by atoms with van der Waals surface area (Å²) in [7, 11) is -7.01. The summed E-state index contributed by atoms with van der Waals surface area (Å²) in [5.41, 5.74) is -0.446. The highest BCUT2D eigenvalue weighted by atomic mass is 32.2. The molecule has 2 unspecified atom stereocenters. The first-order valence-corrected chi connectivity index (χ1v) is 14.4. The maximum atomic E-state index is 13.1. The second kappa shape index (κ2) is 10.5. The molecule has 0 heterocycles. The lowest BCUT2D eigenvalue weighted by Gasteiger charge is -2.38. The van der Waals surface area contributed by atoms with Crippen molar-refractivity contribution < 1.29 is 22.5 Å². The highest BCUT2D eigenvalue weighted by Crippen LogP contribution is 2.68. The second-order valence-corrected chi connectivity index (χ2v) is 13.1. The van der Waals surface area contributed by atoms with Crippen LogP contribution in [0.2, 0.25) is 0 Å². The molecule has 2 atom stereocenters. The summed E-state index contributed by atoms with van der Waals surface area (Å²) in [6.45, 7) is 0. The van der Waals surface area contributed by atoms with Gasteiger partial charge in [0.15, 0.2) is 5.25 Å². The van der Waals surface area contributed by atoms with Gasteiger partial charge in [0, 0.05) is 0 Å². The first kappa shape index (κ1) is 24.8. The molecule has 4 aromatic carbocycles. The number of carbonyl (C=O) groups is 1. The van der Waals surface area contributed by atoms with Crippen molar-refractivity contribution in [2.24, 2.45) is 0 Å². The fraction of sp³-hybridized carbons (Fsp3) is 0.107. The van der Waals surface area contributed by atoms with Gasteiger partial charge < -0.3 is 9.29 Å². The molecule has 0 saturated heterocycles. The fourth-order valence-electron chi connectivity index (χ4n) is 4.69. The lowest BCUT2D eigenvalue weighted by Crippen LogP contribution is -2.45. The van der Waals surface area contributed by atoms with Gasteiger partial charge in [-0.1, -0.05) is 84.9 Å². The van der Waals surface area contributed by atoms with Crippen molar-refractivity contribution in [1.82, 2.24) is 0 Å². The van der Waals surface area contributed by atoms with Gasteiger partial charge in [0.2, 0.25) is 0 Å². The van der Waals surface area contributed by atoms with Crippen LogP contribution < -0.4 is 15.9 Å². The molecule has 35 heavy (non-hydrogen) atoms. The van der Waals surface area contributed by atoms with E-state index >= 15 is 0 Å². The van der Waals surface area contributed by atoms with E-state index in [1.165, 1.54) is 0 Å². The molecular formula is C28H25O5PS. The molecule has 0 aromatic heterocycles. The number of esters is 1. The van der Waals surface area contributed by atoms with Crippen LogP contribution >= 0.6 is 7.26 Å². The topological polar surface area (TPSA) is 83.5 Å². The number of hydrogen-bond acceptors (Lipinski definition) is 5. The van der Waals surface area contributed by atoms with Crippen LogP contribution in [-0.4, -0.2) is 31.3 Å². The first-order chi connectivity index (χ1) is 16.9. The summed E-state index contributed by atoms with van der Waals surface area (Å²) in [5, 5.41) is 0.597. The minimum Gasteiger partial charge on any atom is -0.747 e. The smallest absolute Gasteiger partial charge is 0.327 e. The van der Waals surface area contributed by atoms with Gasteiger partial charge in [-0.25, -0.2) is 8.42 Å². The summed E-state index contributed by atoms with van der Waals surface area (Å²) in [6, 6.07) is 37.5. The molecule has 7 heteroatoms. The molecule has 4 aromatic rings. The third kappa shape index (κ3) is 4.78. The summed E-state index contributed by atoms with van der Waals surface area (Å²) >= 11 is 0. The molecule has 0 N–H and O–H groups in total. The van der Waals surface area contributed by atoms with Crippen molar-refractivity contribution in [2.45, 2.75) is 10.9 Å². The average molecular weight is 505 g/mol. The van der Waals surface area contributed by atoms with Crippen LogP contribution in [0.5, 0.6) is 0 Å². The zero-order chi connectivity index (χ0) is 24.9. The van der Waals surface area contributed by atoms with E-state index in [9.17, 15) is 17.8 Å². The summed E-state index contributed by atoms with van der Waals surface area (Å²) < 4.78 is 43.5. The second-order valence-electron chi connectivity index (χ2n) is 8.02. The minimum absolute atomic E-state index is 0.576. The van der Waals surface area contributed by atoms with Crippen LogP contribution in [0.3, 0.4) is 0 Å². The molecule has 178 valence electrons. The Bertz CT molecular complexity index is 1270. The number of carbonyl (C=O) groups excluding carboxylic acids is 1. The maximum Gasteiger partial charge on any atom is 0.327 e. The van der Waals surface area contributed by atoms with Gasteiger partial charge in [-0.05, 0) is 42.0 Å². The third-order valence-electron chi connectivity index (χ3n) is 6.08. The Labute approximate surface area is 206 Å². The van der Waals surface area contributed by atoms with E-state index < -0.39 is 34.3 Å². The Morgan fingerprint density at radius 3 is 1.34 bits per heavy atom. The van der Waals surface area contributed by atoms with Crippen LogP contribution in [0, 0.1) is 0 Å². The van der Waals surface area contributed by atoms with E-state index in [2.05, 4.69) is 0 Å². The Balaban J connectivity index is 2.24. The molecule has 0 spiro atoms. The van der Waals surface area contributed by atoms with Crippen LogP contribution in [0.25, 0.3) is 0 Å². The third-order valence-corrected chi connectivity index (χ3v) is 12.1. The molecule has 0 bridgehead atoms. The van der Waals surface area contributed by atoms with Crippen molar-refractivity contribution in [3.8, 4) is 0 Å². The Morgan fingerprint density at radius 2 is 1.03 bits per heavy atom. The molecule has 0 aliphatic rings. The minimum atomic E-state index is -5.13. The summed E-state index contributed by atoms with van der Waals surface area (Å²) in [5.74, 6) is -1.07. The highest BCUT2D eigenvalue weighted by Gasteiger charge is 2.59. The predicted octanol–water partition coefficient (Wildman–Crippen LogP) is 3.81. The molecule has 0 aliphatic heterocycles. The van der Waals surface area contributed by atoms with Gasteiger partial charge in [0.25, 0.3) is 0 Å². The number of ether oxygens (including phenoxy) is 1. The highest BCUT2D eigenvalue weighted by molar-refractivity contribution is 7.97. The molecular weight excluding hydrogens is 479 g/mol. The average Bonchev–Trinajstić information content (AvgIpc) is 2.90. The standard InChI is InChI=1S/C28H25O5PS/c1-33-28(29)27(35(30,31)32)26(22-14-6-2-7-15-22)34(23-16-8-3-9-17-23,24-18-10-4-11-19-24)25-20-12-5-13-21-25/h2-21,26-27H,1H3. The molecule has 4 rings (SSSR count). The van der Waals surface area contributed by atoms with Crippen LogP contribution in [0.4, 0.5) is 0 Å². The zero-order valence-electron chi connectivity index (χ0n) is 19.1. The van der Waals surface area contributed by atoms with Gasteiger partial charge in [-0.3, -0.25) is 4.79 Å².